The van der Waals surface area contributed by atoms with E-state index in [0.29, 0.717) is 25.7 Å². The van der Waals surface area contributed by atoms with Crippen LogP contribution in [0.25, 0.3) is 0 Å². The molecule has 0 amide bonds. The van der Waals surface area contributed by atoms with Crippen LogP contribution in [-0.4, -0.2) is 32.3 Å². The minimum Gasteiger partial charge on any atom is -0.465 e. The summed E-state index contributed by atoms with van der Waals surface area (Å²) in [6, 6.07) is 0. The Labute approximate surface area is 84.7 Å². The van der Waals surface area contributed by atoms with Gasteiger partial charge in [0.2, 0.25) is 0 Å². The predicted octanol–water partition coefficient (Wildman–Crippen LogP) is 0.551. The van der Waals surface area contributed by atoms with Gasteiger partial charge >= 0.3 is 5.97 Å². The molecule has 0 radical (unpaired) electrons. The molecule has 1 aliphatic rings. The lowest BCUT2D eigenvalue weighted by molar-refractivity contribution is -0.154. The Bertz CT molecular complexity index is 198. The highest BCUT2D eigenvalue weighted by Crippen LogP contribution is 2.18. The van der Waals surface area contributed by atoms with Gasteiger partial charge in [-0.3, -0.25) is 4.79 Å². The summed E-state index contributed by atoms with van der Waals surface area (Å²) >= 11 is 0. The maximum Gasteiger partial charge on any atom is 0.312 e. The Hall–Kier alpha value is -0.610. The lowest BCUT2D eigenvalue weighted by Gasteiger charge is -2.21. The van der Waals surface area contributed by atoms with E-state index in [9.17, 15) is 4.79 Å². The maximum absolute atomic E-state index is 11.5. The highest BCUT2D eigenvalue weighted by Gasteiger charge is 2.28. The number of rotatable bonds is 4. The first-order valence-electron chi connectivity index (χ1n) is 5.01. The highest BCUT2D eigenvalue weighted by molar-refractivity contribution is 5.76. The van der Waals surface area contributed by atoms with Crippen LogP contribution in [-0.2, 0) is 14.3 Å². The molecule has 82 valence electrons. The predicted molar refractivity (Wildman–Crippen MR) is 52.7 cm³/mol. The van der Waals surface area contributed by atoms with Crippen molar-refractivity contribution in [2.45, 2.75) is 20.3 Å². The number of esters is 1. The van der Waals surface area contributed by atoms with E-state index in [0.717, 1.165) is 13.0 Å². The molecule has 1 atom stereocenters. The zero-order valence-electron chi connectivity index (χ0n) is 8.91. The number of carbonyl (C=O) groups is 1. The first-order valence-corrected chi connectivity index (χ1v) is 5.01. The van der Waals surface area contributed by atoms with Crippen LogP contribution >= 0.6 is 0 Å². The Morgan fingerprint density at radius 3 is 2.86 bits per heavy atom. The van der Waals surface area contributed by atoms with Gasteiger partial charge in [0, 0.05) is 19.1 Å². The van der Waals surface area contributed by atoms with E-state index in [1.165, 1.54) is 0 Å². The molecule has 4 nitrogen and oxygen atoms in total. The van der Waals surface area contributed by atoms with Gasteiger partial charge in [-0.15, -0.1) is 0 Å². The van der Waals surface area contributed by atoms with Crippen molar-refractivity contribution in [1.82, 2.24) is 0 Å². The third-order valence-corrected chi connectivity index (χ3v) is 2.54. The fourth-order valence-corrected chi connectivity index (χ4v) is 1.19. The van der Waals surface area contributed by atoms with Gasteiger partial charge in [-0.2, -0.15) is 0 Å². The Kier molecular flexibility index (Phi) is 3.89. The van der Waals surface area contributed by atoms with Crippen molar-refractivity contribution in [3.63, 3.8) is 0 Å². The van der Waals surface area contributed by atoms with Gasteiger partial charge < -0.3 is 15.2 Å². The van der Waals surface area contributed by atoms with Crippen LogP contribution < -0.4 is 5.73 Å². The molecular weight excluding hydrogens is 182 g/mol. The second-order valence-electron chi connectivity index (χ2n) is 4.42. The molecule has 1 unspecified atom stereocenters. The van der Waals surface area contributed by atoms with Gasteiger partial charge in [-0.1, -0.05) is 0 Å². The smallest absolute Gasteiger partial charge is 0.312 e. The fourth-order valence-electron chi connectivity index (χ4n) is 1.19. The summed E-state index contributed by atoms with van der Waals surface area (Å²) in [7, 11) is 0. The zero-order chi connectivity index (χ0) is 10.6. The van der Waals surface area contributed by atoms with Gasteiger partial charge in [0.05, 0.1) is 18.6 Å². The van der Waals surface area contributed by atoms with Crippen molar-refractivity contribution >= 4 is 5.97 Å². The Morgan fingerprint density at radius 2 is 2.36 bits per heavy atom. The monoisotopic (exact) mass is 201 g/mol. The van der Waals surface area contributed by atoms with Gasteiger partial charge in [0.15, 0.2) is 0 Å². The van der Waals surface area contributed by atoms with Crippen molar-refractivity contribution in [3.8, 4) is 0 Å². The van der Waals surface area contributed by atoms with E-state index >= 15 is 0 Å². The van der Waals surface area contributed by atoms with E-state index < -0.39 is 5.41 Å². The van der Waals surface area contributed by atoms with Crippen LogP contribution in [0.15, 0.2) is 0 Å². The SMILES string of the molecule is CC(C)(CN)C(=O)OCC1CCOC1. The third-order valence-electron chi connectivity index (χ3n) is 2.54. The molecule has 0 saturated carbocycles. The highest BCUT2D eigenvalue weighted by atomic mass is 16.5. The van der Waals surface area contributed by atoms with Crippen molar-refractivity contribution in [1.29, 1.82) is 0 Å². The molecule has 1 heterocycles. The standard InChI is InChI=1S/C10H19NO3/c1-10(2,7-11)9(12)14-6-8-3-4-13-5-8/h8H,3-7,11H2,1-2H3. The number of nitrogens with two attached hydrogens (primary N) is 1. The minimum absolute atomic E-state index is 0.216. The summed E-state index contributed by atoms with van der Waals surface area (Å²) < 4.78 is 10.4. The summed E-state index contributed by atoms with van der Waals surface area (Å²) in [6.45, 7) is 5.84. The summed E-state index contributed by atoms with van der Waals surface area (Å²) in [5.41, 5.74) is 4.90. The lowest BCUT2D eigenvalue weighted by atomic mass is 9.94. The van der Waals surface area contributed by atoms with Crippen molar-refractivity contribution in [2.75, 3.05) is 26.4 Å². The number of ether oxygens (including phenoxy) is 2. The van der Waals surface area contributed by atoms with Gasteiger partial charge in [0.1, 0.15) is 0 Å². The molecule has 1 fully saturated rings. The van der Waals surface area contributed by atoms with Crippen LogP contribution in [0.1, 0.15) is 20.3 Å². The van der Waals surface area contributed by atoms with Crippen LogP contribution in [0.3, 0.4) is 0 Å². The molecule has 1 aliphatic heterocycles. The largest absolute Gasteiger partial charge is 0.465 e. The molecule has 14 heavy (non-hydrogen) atoms. The van der Waals surface area contributed by atoms with Gasteiger partial charge in [0.25, 0.3) is 0 Å². The summed E-state index contributed by atoms with van der Waals surface area (Å²) in [6.07, 6.45) is 0.982. The molecule has 0 bridgehead atoms. The van der Waals surface area contributed by atoms with Crippen LogP contribution in [0.2, 0.25) is 0 Å². The fraction of sp³-hybridized carbons (Fsp3) is 0.900. The van der Waals surface area contributed by atoms with E-state index in [-0.39, 0.29) is 5.97 Å². The molecule has 1 saturated heterocycles. The van der Waals surface area contributed by atoms with Crippen LogP contribution in [0.5, 0.6) is 0 Å². The summed E-state index contributed by atoms with van der Waals surface area (Å²) in [4.78, 5) is 11.5. The minimum atomic E-state index is -0.570. The zero-order valence-corrected chi connectivity index (χ0v) is 8.91. The van der Waals surface area contributed by atoms with E-state index in [4.69, 9.17) is 15.2 Å². The first-order chi connectivity index (χ1) is 6.56. The summed E-state index contributed by atoms with van der Waals surface area (Å²) in [5.74, 6) is 0.152. The second-order valence-corrected chi connectivity index (χ2v) is 4.42. The quantitative estimate of drug-likeness (QED) is 0.675. The average Bonchev–Trinajstić information content (AvgIpc) is 2.66. The van der Waals surface area contributed by atoms with Gasteiger partial charge in [-0.25, -0.2) is 0 Å². The maximum atomic E-state index is 11.5. The van der Waals surface area contributed by atoms with E-state index in [1.807, 2.05) is 0 Å². The number of carbonyl (C=O) groups excluding carboxylic acids is 1. The van der Waals surface area contributed by atoms with Gasteiger partial charge in [-0.05, 0) is 20.3 Å². The number of hydrogen-bond acceptors (Lipinski definition) is 4. The second kappa shape index (κ2) is 4.75. The third kappa shape index (κ3) is 2.96. The Balaban J connectivity index is 2.26. The van der Waals surface area contributed by atoms with Crippen LogP contribution in [0, 0.1) is 11.3 Å². The molecule has 0 aromatic rings. The van der Waals surface area contributed by atoms with E-state index in [1.54, 1.807) is 13.8 Å². The Morgan fingerprint density at radius 1 is 1.64 bits per heavy atom. The van der Waals surface area contributed by atoms with Crippen molar-refractivity contribution in [2.24, 2.45) is 17.1 Å². The first kappa shape index (κ1) is 11.5. The average molecular weight is 201 g/mol. The molecule has 0 aromatic carbocycles. The molecule has 0 aliphatic carbocycles. The summed E-state index contributed by atoms with van der Waals surface area (Å²) in [5, 5.41) is 0. The van der Waals surface area contributed by atoms with E-state index in [2.05, 4.69) is 0 Å². The molecular formula is C10H19NO3. The molecule has 4 heteroatoms. The lowest BCUT2D eigenvalue weighted by Crippen LogP contribution is -2.35. The molecule has 1 rings (SSSR count). The van der Waals surface area contributed by atoms with Crippen LogP contribution in [0.4, 0.5) is 0 Å². The van der Waals surface area contributed by atoms with Crippen molar-refractivity contribution < 1.29 is 14.3 Å². The molecule has 0 spiro atoms. The van der Waals surface area contributed by atoms with Crippen molar-refractivity contribution in [3.05, 3.63) is 0 Å². The molecule has 2 N–H and O–H groups in total. The number of hydrogen-bond donors (Lipinski definition) is 1. The normalized spacial score (nSPS) is 22.4. The molecule has 0 aromatic heterocycles. The topological polar surface area (TPSA) is 61.6 Å².